The number of nitrogens with zero attached hydrogens (tertiary/aromatic N) is 1. The molecule has 7 heteroatoms. The van der Waals surface area contributed by atoms with Gasteiger partial charge in [-0.2, -0.15) is 4.57 Å². The maximum absolute atomic E-state index is 13.2. The number of anilines is 1. The number of nitrogen functional groups attached to an aromatic ring is 1. The van der Waals surface area contributed by atoms with Crippen molar-refractivity contribution in [2.75, 3.05) is 11.5 Å². The van der Waals surface area contributed by atoms with Crippen molar-refractivity contribution in [3.63, 3.8) is 0 Å². The monoisotopic (exact) mass is 544 g/mol. The van der Waals surface area contributed by atoms with Gasteiger partial charge in [-0.05, 0) is 49.2 Å². The van der Waals surface area contributed by atoms with Gasteiger partial charge in [0.25, 0.3) is 5.69 Å². The number of halogens is 2. The number of thiophene rings is 1. The number of carbonyl (C=O) groups is 1. The van der Waals surface area contributed by atoms with Crippen LogP contribution in [0.1, 0.15) is 26.4 Å². The number of benzene rings is 2. The van der Waals surface area contributed by atoms with Crippen LogP contribution >= 0.6 is 34.7 Å². The quantitative estimate of drug-likeness (QED) is 0.221. The third-order valence-electron chi connectivity index (χ3n) is 4.87. The highest BCUT2D eigenvalue weighted by Gasteiger charge is 2.28. The molecule has 0 spiro atoms. The molecule has 4 rings (SSSR count). The highest BCUT2D eigenvalue weighted by molar-refractivity contribution is 8.01. The molecule has 0 aliphatic rings. The smallest absolute Gasteiger partial charge is 0.259 e. The maximum Gasteiger partial charge on any atom is 0.259 e. The number of rotatable bonds is 7. The molecule has 2 N–H and O–H groups in total. The van der Waals surface area contributed by atoms with Gasteiger partial charge in [0.15, 0.2) is 12.4 Å². The zero-order valence-corrected chi connectivity index (χ0v) is 21.4. The lowest BCUT2D eigenvalue weighted by molar-refractivity contribution is -0.597. The topological polar surface area (TPSA) is 47.0 Å². The van der Waals surface area contributed by atoms with Crippen molar-refractivity contribution in [1.29, 1.82) is 0 Å². The second-order valence-electron chi connectivity index (χ2n) is 7.19. The van der Waals surface area contributed by atoms with E-state index in [9.17, 15) is 4.79 Å². The van der Waals surface area contributed by atoms with Crippen LogP contribution in [0.5, 0.6) is 0 Å². The molecule has 0 atom stereocenters. The number of hydrogen-bond acceptors (Lipinski definition) is 4. The summed E-state index contributed by atoms with van der Waals surface area (Å²) in [4.78, 5) is 13.8. The largest absolute Gasteiger partial charge is 1.00 e. The van der Waals surface area contributed by atoms with Gasteiger partial charge in [-0.15, -0.1) is 23.1 Å². The van der Waals surface area contributed by atoms with Crippen molar-refractivity contribution in [2.45, 2.75) is 17.6 Å². The normalized spacial score (nSPS) is 10.6. The first-order chi connectivity index (χ1) is 15.0. The van der Waals surface area contributed by atoms with Crippen molar-refractivity contribution in [2.24, 2.45) is 0 Å². The third kappa shape index (κ3) is 5.62. The average Bonchev–Trinajstić information content (AvgIpc) is 3.10. The molecule has 0 saturated heterocycles. The fourth-order valence-corrected chi connectivity index (χ4v) is 5.95. The molecular formula is C25H22BrClN2OS2. The van der Waals surface area contributed by atoms with Gasteiger partial charge in [0.1, 0.15) is 14.8 Å². The Labute approximate surface area is 212 Å². The zero-order valence-electron chi connectivity index (χ0n) is 17.4. The van der Waals surface area contributed by atoms with E-state index in [2.05, 4.69) is 24.3 Å². The number of hydrogen-bond donors (Lipinski definition) is 1. The molecule has 2 heterocycles. The van der Waals surface area contributed by atoms with Gasteiger partial charge in [-0.25, -0.2) is 0 Å². The van der Waals surface area contributed by atoms with Crippen LogP contribution in [-0.4, -0.2) is 11.5 Å². The Morgan fingerprint density at radius 1 is 1.06 bits per heavy atom. The Kier molecular flexibility index (Phi) is 8.54. The van der Waals surface area contributed by atoms with E-state index in [1.807, 2.05) is 42.1 Å². The predicted octanol–water partition coefficient (Wildman–Crippen LogP) is 3.14. The van der Waals surface area contributed by atoms with E-state index in [1.165, 1.54) is 16.9 Å². The van der Waals surface area contributed by atoms with Crippen LogP contribution in [0.2, 0.25) is 5.02 Å². The average molecular weight is 546 g/mol. The summed E-state index contributed by atoms with van der Waals surface area (Å²) in [6.07, 6.45) is 4.96. The molecular weight excluding hydrogens is 524 g/mol. The summed E-state index contributed by atoms with van der Waals surface area (Å²) in [7, 11) is 0. The Morgan fingerprint density at radius 2 is 1.78 bits per heavy atom. The molecule has 32 heavy (non-hydrogen) atoms. The third-order valence-corrected chi connectivity index (χ3v) is 7.58. The molecule has 0 saturated carbocycles. The highest BCUT2D eigenvalue weighted by atomic mass is 79.9. The van der Waals surface area contributed by atoms with Crippen LogP contribution in [0.15, 0.2) is 83.3 Å². The van der Waals surface area contributed by atoms with E-state index in [4.69, 9.17) is 17.3 Å². The Balaban J connectivity index is 0.00000289. The van der Waals surface area contributed by atoms with E-state index < -0.39 is 0 Å². The number of aromatic nitrogens is 1. The van der Waals surface area contributed by atoms with Gasteiger partial charge in [0.05, 0.1) is 0 Å². The van der Waals surface area contributed by atoms with Crippen molar-refractivity contribution in [1.82, 2.24) is 0 Å². The van der Waals surface area contributed by atoms with Gasteiger partial charge in [0, 0.05) is 28.0 Å². The molecule has 164 valence electrons. The minimum absolute atomic E-state index is 0. The summed E-state index contributed by atoms with van der Waals surface area (Å²) < 4.78 is 3.06. The summed E-state index contributed by atoms with van der Waals surface area (Å²) in [5, 5.41) is 0.601. The van der Waals surface area contributed by atoms with E-state index in [-0.39, 0.29) is 22.8 Å². The van der Waals surface area contributed by atoms with Gasteiger partial charge >= 0.3 is 0 Å². The van der Waals surface area contributed by atoms with Crippen molar-refractivity contribution < 1.29 is 26.3 Å². The summed E-state index contributed by atoms with van der Waals surface area (Å²) in [5.41, 5.74) is 11.0. The van der Waals surface area contributed by atoms with Crippen LogP contribution in [0.4, 0.5) is 5.69 Å². The molecule has 0 bridgehead atoms. The van der Waals surface area contributed by atoms with Gasteiger partial charge in [0.2, 0.25) is 5.78 Å². The minimum atomic E-state index is -0.0800. The van der Waals surface area contributed by atoms with Crippen molar-refractivity contribution in [3.8, 4) is 5.69 Å². The van der Waals surface area contributed by atoms with Crippen molar-refractivity contribution in [3.05, 3.63) is 106 Å². The summed E-state index contributed by atoms with van der Waals surface area (Å²) in [5.74, 6) is 0.821. The number of aryl methyl sites for hydroxylation is 2. The second kappa shape index (κ2) is 11.1. The maximum atomic E-state index is 13.2. The van der Waals surface area contributed by atoms with Gasteiger partial charge in [-0.3, -0.25) is 4.79 Å². The fraction of sp³-hybridized carbons (Fsp3) is 0.120. The molecule has 0 aliphatic heterocycles. The summed E-state index contributed by atoms with van der Waals surface area (Å²) in [6, 6.07) is 21.4. The standard InChI is InChI=1S/C25H21ClN2OS2.BrH/c1-17-6-5-14-28(16-17)22-21(27)24(23(29)19-9-11-20(26)12-10-19)31-25(22)30-15-13-18-7-3-2-4-8-18;/h2-12,14,16H,13,15H2,1H3,(H-,27,29);1H. The Morgan fingerprint density at radius 3 is 2.47 bits per heavy atom. The van der Waals surface area contributed by atoms with Gasteiger partial charge in [-0.1, -0.05) is 41.9 Å². The number of nitrogens with two attached hydrogens (primary N) is 1. The Hall–Kier alpha value is -2.12. The van der Waals surface area contributed by atoms with Gasteiger partial charge < -0.3 is 22.7 Å². The summed E-state index contributed by atoms with van der Waals surface area (Å²) >= 11 is 9.19. The lowest BCUT2D eigenvalue weighted by atomic mass is 10.1. The van der Waals surface area contributed by atoms with E-state index >= 15 is 0 Å². The number of pyridine rings is 1. The lowest BCUT2D eigenvalue weighted by Crippen LogP contribution is -3.00. The fourth-order valence-electron chi connectivity index (χ4n) is 3.30. The van der Waals surface area contributed by atoms with Crippen LogP contribution in [0, 0.1) is 6.92 Å². The first-order valence-electron chi connectivity index (χ1n) is 9.90. The molecule has 0 aliphatic carbocycles. The van der Waals surface area contributed by atoms with Crippen LogP contribution in [-0.2, 0) is 6.42 Å². The van der Waals surface area contributed by atoms with Crippen molar-refractivity contribution >= 4 is 46.2 Å². The molecule has 0 amide bonds. The van der Waals surface area contributed by atoms with Crippen LogP contribution in [0.3, 0.4) is 0 Å². The van der Waals surface area contributed by atoms with Crippen LogP contribution in [0.25, 0.3) is 5.69 Å². The van der Waals surface area contributed by atoms with E-state index in [1.54, 1.807) is 36.0 Å². The molecule has 4 aromatic rings. The number of carbonyl (C=O) groups excluding carboxylic acids is 1. The molecule has 0 unspecified atom stereocenters. The second-order valence-corrected chi connectivity index (χ2v) is 10.0. The number of ketones is 1. The SMILES string of the molecule is Cc1ccc[n+](-c2c(SCCc3ccccc3)sc(C(=O)c3ccc(Cl)cc3)c2N)c1.[Br-]. The predicted molar refractivity (Wildman–Crippen MR) is 131 cm³/mol. The zero-order chi connectivity index (χ0) is 21.8. The first kappa shape index (κ1) is 24.5. The number of thioether (sulfide) groups is 1. The molecule has 0 fully saturated rings. The highest BCUT2D eigenvalue weighted by Crippen LogP contribution is 2.40. The first-order valence-corrected chi connectivity index (χ1v) is 12.1. The van der Waals surface area contributed by atoms with E-state index in [0.717, 1.165) is 27.6 Å². The molecule has 2 aromatic heterocycles. The summed E-state index contributed by atoms with van der Waals surface area (Å²) in [6.45, 7) is 2.04. The minimum Gasteiger partial charge on any atom is -1.00 e. The lowest BCUT2D eigenvalue weighted by Gasteiger charge is -2.02. The van der Waals surface area contributed by atoms with Crippen LogP contribution < -0.4 is 27.3 Å². The molecule has 2 aromatic carbocycles. The molecule has 0 radical (unpaired) electrons. The van der Waals surface area contributed by atoms with E-state index in [0.29, 0.717) is 21.2 Å². The molecule has 3 nitrogen and oxygen atoms in total. The Bertz CT molecular complexity index is 1210.